The van der Waals surface area contributed by atoms with E-state index in [2.05, 4.69) is 15.7 Å². The van der Waals surface area contributed by atoms with Crippen LogP contribution in [-0.4, -0.2) is 76.8 Å². The van der Waals surface area contributed by atoms with Crippen molar-refractivity contribution in [3.05, 3.63) is 72.6 Å². The summed E-state index contributed by atoms with van der Waals surface area (Å²) in [7, 11) is 0. The van der Waals surface area contributed by atoms with Crippen LogP contribution in [0.2, 0.25) is 0 Å². The summed E-state index contributed by atoms with van der Waals surface area (Å²) in [4.78, 5) is 40.7. The molecule has 1 fully saturated rings. The second-order valence-corrected chi connectivity index (χ2v) is 8.02. The quantitative estimate of drug-likeness (QED) is 0.508. The molecular formula is C25H28N6O4. The molecule has 10 heteroatoms. The van der Waals surface area contributed by atoms with Crippen LogP contribution in [0.25, 0.3) is 5.69 Å². The number of carbonyl (C=O) groups is 3. The maximum atomic E-state index is 12.8. The first kappa shape index (κ1) is 24.0. The highest BCUT2D eigenvalue weighted by molar-refractivity contribution is 5.92. The molecule has 4 rings (SSSR count). The van der Waals surface area contributed by atoms with Crippen LogP contribution in [0.1, 0.15) is 17.4 Å². The van der Waals surface area contributed by atoms with Gasteiger partial charge in [-0.25, -0.2) is 14.3 Å². The summed E-state index contributed by atoms with van der Waals surface area (Å²) in [5.41, 5.74) is 2.31. The Morgan fingerprint density at radius 1 is 0.914 bits per heavy atom. The van der Waals surface area contributed by atoms with Crippen molar-refractivity contribution in [3.8, 4) is 5.69 Å². The van der Waals surface area contributed by atoms with E-state index in [9.17, 15) is 14.4 Å². The number of nitrogens with zero attached hydrogens (tertiary/aromatic N) is 4. The van der Waals surface area contributed by atoms with E-state index >= 15 is 0 Å². The number of urea groups is 1. The van der Waals surface area contributed by atoms with Crippen molar-refractivity contribution >= 4 is 29.3 Å². The molecule has 0 saturated carbocycles. The molecule has 1 aliphatic heterocycles. The van der Waals surface area contributed by atoms with Crippen molar-refractivity contribution in [2.75, 3.05) is 50.0 Å². The summed E-state index contributed by atoms with van der Waals surface area (Å²) in [5.74, 6) is -0.553. The van der Waals surface area contributed by atoms with Crippen molar-refractivity contribution < 1.29 is 19.1 Å². The van der Waals surface area contributed by atoms with Crippen molar-refractivity contribution in [1.82, 2.24) is 19.6 Å². The molecule has 182 valence electrons. The highest BCUT2D eigenvalue weighted by Gasteiger charge is 2.22. The molecule has 0 bridgehead atoms. The molecule has 2 aromatic carbocycles. The van der Waals surface area contributed by atoms with Gasteiger partial charge in [0.05, 0.1) is 18.8 Å². The summed E-state index contributed by atoms with van der Waals surface area (Å²) >= 11 is 0. The molecule has 2 N–H and O–H groups in total. The van der Waals surface area contributed by atoms with Gasteiger partial charge in [-0.15, -0.1) is 0 Å². The van der Waals surface area contributed by atoms with Crippen LogP contribution in [-0.2, 0) is 9.53 Å². The molecule has 1 aromatic heterocycles. The minimum atomic E-state index is -0.479. The van der Waals surface area contributed by atoms with Gasteiger partial charge in [0.15, 0.2) is 5.69 Å². The lowest BCUT2D eigenvalue weighted by Gasteiger charge is -2.34. The van der Waals surface area contributed by atoms with Gasteiger partial charge < -0.3 is 20.3 Å². The average molecular weight is 477 g/mol. The van der Waals surface area contributed by atoms with Gasteiger partial charge in [0, 0.05) is 43.8 Å². The normalized spacial score (nSPS) is 13.8. The molecular weight excluding hydrogens is 448 g/mol. The van der Waals surface area contributed by atoms with E-state index in [1.54, 1.807) is 47.0 Å². The minimum absolute atomic E-state index is 0.0735. The third-order valence-corrected chi connectivity index (χ3v) is 5.52. The zero-order chi connectivity index (χ0) is 24.6. The maximum absolute atomic E-state index is 12.8. The second kappa shape index (κ2) is 11.3. The average Bonchev–Trinajstić information content (AvgIpc) is 3.36. The number of piperazine rings is 1. The minimum Gasteiger partial charge on any atom is -0.461 e. The number of anilines is 2. The van der Waals surface area contributed by atoms with Crippen LogP contribution in [0.5, 0.6) is 0 Å². The number of esters is 1. The zero-order valence-electron chi connectivity index (χ0n) is 19.5. The van der Waals surface area contributed by atoms with E-state index in [1.807, 2.05) is 41.3 Å². The number of para-hydroxylation sites is 1. The number of aromatic nitrogens is 2. The van der Waals surface area contributed by atoms with E-state index in [1.165, 1.54) is 0 Å². The van der Waals surface area contributed by atoms with Gasteiger partial charge >= 0.3 is 12.0 Å². The molecule has 0 aliphatic carbocycles. The molecule has 10 nitrogen and oxygen atoms in total. The molecule has 35 heavy (non-hydrogen) atoms. The van der Waals surface area contributed by atoms with Crippen LogP contribution in [0.4, 0.5) is 16.2 Å². The van der Waals surface area contributed by atoms with Gasteiger partial charge in [-0.2, -0.15) is 5.10 Å². The molecule has 0 spiro atoms. The van der Waals surface area contributed by atoms with Gasteiger partial charge in [-0.05, 0) is 43.3 Å². The number of ether oxygens (including phenoxy) is 1. The Labute approximate surface area is 203 Å². The highest BCUT2D eigenvalue weighted by atomic mass is 16.5. The van der Waals surface area contributed by atoms with E-state index < -0.39 is 5.97 Å². The lowest BCUT2D eigenvalue weighted by Crippen LogP contribution is -2.51. The standard InChI is InChI=1S/C25H28N6O4/c1-2-35-24(33)22-11-12-31(28-22)21-10-6-9-20(17-21)27-25(34)30-15-13-29(14-16-30)18-23(32)26-19-7-4-3-5-8-19/h3-12,17H,2,13-16,18H2,1H3,(H,26,32)(H,27,34). The number of hydrogen-bond acceptors (Lipinski definition) is 6. The summed E-state index contributed by atoms with van der Waals surface area (Å²) in [6.07, 6.45) is 1.67. The Morgan fingerprint density at radius 3 is 2.40 bits per heavy atom. The number of amides is 3. The van der Waals surface area contributed by atoms with Gasteiger partial charge in [0.1, 0.15) is 0 Å². The number of hydrogen-bond donors (Lipinski definition) is 2. The largest absolute Gasteiger partial charge is 0.461 e. The predicted octanol–water partition coefficient (Wildman–Crippen LogP) is 2.84. The first-order valence-electron chi connectivity index (χ1n) is 11.5. The summed E-state index contributed by atoms with van der Waals surface area (Å²) < 4.78 is 6.53. The van der Waals surface area contributed by atoms with Crippen molar-refractivity contribution in [3.63, 3.8) is 0 Å². The van der Waals surface area contributed by atoms with Crippen LogP contribution < -0.4 is 10.6 Å². The highest BCUT2D eigenvalue weighted by Crippen LogP contribution is 2.16. The van der Waals surface area contributed by atoms with Crippen LogP contribution in [0.3, 0.4) is 0 Å². The van der Waals surface area contributed by atoms with Crippen LogP contribution >= 0.6 is 0 Å². The monoisotopic (exact) mass is 476 g/mol. The zero-order valence-corrected chi connectivity index (χ0v) is 19.5. The van der Waals surface area contributed by atoms with Gasteiger partial charge in [0.2, 0.25) is 5.91 Å². The molecule has 3 aromatic rings. The lowest BCUT2D eigenvalue weighted by molar-refractivity contribution is -0.117. The van der Waals surface area contributed by atoms with E-state index in [4.69, 9.17) is 4.74 Å². The molecule has 1 saturated heterocycles. The third-order valence-electron chi connectivity index (χ3n) is 5.52. The smallest absolute Gasteiger partial charge is 0.358 e. The van der Waals surface area contributed by atoms with Crippen LogP contribution in [0, 0.1) is 0 Å². The molecule has 0 atom stereocenters. The van der Waals surface area contributed by atoms with Crippen LogP contribution in [0.15, 0.2) is 66.9 Å². The summed E-state index contributed by atoms with van der Waals surface area (Å²) in [5, 5.41) is 10.0. The topological polar surface area (TPSA) is 109 Å². The van der Waals surface area contributed by atoms with Crippen molar-refractivity contribution in [2.45, 2.75) is 6.92 Å². The molecule has 3 amide bonds. The van der Waals surface area contributed by atoms with E-state index in [0.29, 0.717) is 37.6 Å². The van der Waals surface area contributed by atoms with Crippen molar-refractivity contribution in [2.24, 2.45) is 0 Å². The van der Waals surface area contributed by atoms with E-state index in [0.717, 1.165) is 5.69 Å². The fraction of sp³-hybridized carbons (Fsp3) is 0.280. The Bertz CT molecular complexity index is 1170. The Morgan fingerprint density at radius 2 is 1.66 bits per heavy atom. The molecule has 0 radical (unpaired) electrons. The summed E-state index contributed by atoms with van der Waals surface area (Å²) in [6, 6.07) is 17.9. The second-order valence-electron chi connectivity index (χ2n) is 8.02. The fourth-order valence-corrected chi connectivity index (χ4v) is 3.74. The maximum Gasteiger partial charge on any atom is 0.358 e. The third kappa shape index (κ3) is 6.45. The summed E-state index contributed by atoms with van der Waals surface area (Å²) in [6.45, 7) is 4.56. The number of benzene rings is 2. The first-order valence-corrected chi connectivity index (χ1v) is 11.5. The molecule has 2 heterocycles. The fourth-order valence-electron chi connectivity index (χ4n) is 3.74. The number of nitrogens with one attached hydrogen (secondary N) is 2. The Balaban J connectivity index is 1.27. The Kier molecular flexibility index (Phi) is 7.74. The Hall–Kier alpha value is -4.18. The van der Waals surface area contributed by atoms with Crippen molar-refractivity contribution in [1.29, 1.82) is 0 Å². The lowest BCUT2D eigenvalue weighted by atomic mass is 10.2. The number of carbonyl (C=O) groups excluding carboxylic acids is 3. The predicted molar refractivity (Wildman–Crippen MR) is 132 cm³/mol. The SMILES string of the molecule is CCOC(=O)c1ccn(-c2cccc(NC(=O)N3CCN(CC(=O)Nc4ccccc4)CC3)c2)n1. The molecule has 0 unspecified atom stereocenters. The van der Waals surface area contributed by atoms with E-state index in [-0.39, 0.29) is 30.8 Å². The molecule has 1 aliphatic rings. The van der Waals surface area contributed by atoms with Gasteiger partial charge in [0.25, 0.3) is 0 Å². The number of rotatable bonds is 7. The first-order chi connectivity index (χ1) is 17.0. The van der Waals surface area contributed by atoms with Gasteiger partial charge in [-0.3, -0.25) is 9.69 Å². The van der Waals surface area contributed by atoms with Gasteiger partial charge in [-0.1, -0.05) is 24.3 Å².